The molecule has 0 aromatic heterocycles. The first-order valence-electron chi connectivity index (χ1n) is 9.34. The topological polar surface area (TPSA) is 15.6 Å². The zero-order chi connectivity index (χ0) is 19.8. The van der Waals surface area contributed by atoms with E-state index in [-0.39, 0.29) is 5.54 Å². The van der Waals surface area contributed by atoms with E-state index in [1.807, 2.05) is 12.3 Å². The minimum atomic E-state index is 0.0230. The van der Waals surface area contributed by atoms with Crippen LogP contribution in [0.25, 0.3) is 5.57 Å². The molecule has 3 rings (SSSR count). The van der Waals surface area contributed by atoms with Gasteiger partial charge in [-0.3, -0.25) is 4.99 Å². The Balaban J connectivity index is 2.02. The van der Waals surface area contributed by atoms with Crippen LogP contribution in [0.4, 0.5) is 11.4 Å². The van der Waals surface area contributed by atoms with E-state index in [9.17, 15) is 0 Å². The van der Waals surface area contributed by atoms with E-state index < -0.39 is 0 Å². The zero-order valence-electron chi connectivity index (χ0n) is 16.6. The first kappa shape index (κ1) is 20.0. The van der Waals surface area contributed by atoms with Gasteiger partial charge in [0, 0.05) is 24.0 Å². The third-order valence-electron chi connectivity index (χ3n) is 5.07. The Morgan fingerprint density at radius 1 is 1.07 bits per heavy atom. The Morgan fingerprint density at radius 3 is 2.48 bits per heavy atom. The second-order valence-corrected chi connectivity index (χ2v) is 8.53. The number of rotatable bonds is 4. The van der Waals surface area contributed by atoms with Crippen molar-refractivity contribution in [1.82, 2.24) is 0 Å². The molecule has 0 amide bonds. The zero-order valence-corrected chi connectivity index (χ0v) is 18.1. The number of allylic oxidation sites excluding steroid dienone is 1. The first-order valence-corrected chi connectivity index (χ1v) is 10.1. The normalized spacial score (nSPS) is 15.8. The van der Waals surface area contributed by atoms with Crippen LogP contribution in [0.2, 0.25) is 10.0 Å². The minimum absolute atomic E-state index is 0.0230. The predicted molar refractivity (Wildman–Crippen MR) is 120 cm³/mol. The van der Waals surface area contributed by atoms with Gasteiger partial charge in [-0.15, -0.1) is 0 Å². The molecule has 27 heavy (non-hydrogen) atoms. The summed E-state index contributed by atoms with van der Waals surface area (Å²) in [5.41, 5.74) is 7.05. The smallest absolute Gasteiger partial charge is 0.0645 e. The highest BCUT2D eigenvalue weighted by atomic mass is 35.5. The van der Waals surface area contributed by atoms with Crippen LogP contribution >= 0.6 is 23.2 Å². The number of aryl methyl sites for hydroxylation is 1. The van der Waals surface area contributed by atoms with Crippen molar-refractivity contribution in [3.8, 4) is 0 Å². The van der Waals surface area contributed by atoms with Gasteiger partial charge >= 0.3 is 0 Å². The van der Waals surface area contributed by atoms with Gasteiger partial charge in [-0.1, -0.05) is 36.2 Å². The maximum absolute atomic E-state index is 6.09. The molecule has 1 aliphatic rings. The Morgan fingerprint density at radius 2 is 1.81 bits per heavy atom. The number of aliphatic imine (C=N–C) groups is 1. The molecule has 0 atom stereocenters. The number of hydrogen-bond donors (Lipinski definition) is 0. The van der Waals surface area contributed by atoms with Crippen LogP contribution in [-0.4, -0.2) is 18.3 Å². The molecule has 0 unspecified atom stereocenters. The standard InChI is InChI=1S/C23H26Cl2N2/c1-6-9-27-22-10-15(2)17(11-19(22)16(3)13-23(27,4)5)14-26-18-7-8-20(24)21(25)12-18/h7-8,10-14H,6,9H2,1-5H3. The van der Waals surface area contributed by atoms with E-state index in [0.717, 1.165) is 24.2 Å². The molecule has 2 aromatic rings. The summed E-state index contributed by atoms with van der Waals surface area (Å²) in [6.07, 6.45) is 5.39. The van der Waals surface area contributed by atoms with E-state index >= 15 is 0 Å². The van der Waals surface area contributed by atoms with Gasteiger partial charge in [0.05, 0.1) is 21.3 Å². The van der Waals surface area contributed by atoms with Crippen molar-refractivity contribution in [2.24, 2.45) is 4.99 Å². The fraction of sp³-hybridized carbons (Fsp3) is 0.348. The molecule has 0 radical (unpaired) electrons. The van der Waals surface area contributed by atoms with Crippen molar-refractivity contribution < 1.29 is 0 Å². The lowest BCUT2D eigenvalue weighted by Crippen LogP contribution is -2.45. The SMILES string of the molecule is CCCN1c2cc(C)c(C=Nc3ccc(Cl)c(Cl)c3)cc2C(C)=CC1(C)C. The number of nitrogens with zero attached hydrogens (tertiary/aromatic N) is 2. The number of anilines is 1. The molecule has 0 N–H and O–H groups in total. The highest BCUT2D eigenvalue weighted by Gasteiger charge is 2.31. The van der Waals surface area contributed by atoms with Gasteiger partial charge in [0.2, 0.25) is 0 Å². The summed E-state index contributed by atoms with van der Waals surface area (Å²) in [5.74, 6) is 0. The van der Waals surface area contributed by atoms with E-state index in [0.29, 0.717) is 10.0 Å². The molecular formula is C23H26Cl2N2. The lowest BCUT2D eigenvalue weighted by molar-refractivity contribution is 0.550. The Kier molecular flexibility index (Phi) is 5.69. The fourth-order valence-corrected chi connectivity index (χ4v) is 4.02. The fourth-order valence-electron chi connectivity index (χ4n) is 3.73. The Labute approximate surface area is 172 Å². The molecule has 0 bridgehead atoms. The lowest BCUT2D eigenvalue weighted by Gasteiger charge is -2.43. The van der Waals surface area contributed by atoms with Gasteiger partial charge in [0.1, 0.15) is 0 Å². The number of halogens is 2. The molecule has 0 spiro atoms. The molecule has 0 fully saturated rings. The van der Waals surface area contributed by atoms with Crippen molar-refractivity contribution in [3.05, 3.63) is 63.1 Å². The third kappa shape index (κ3) is 4.07. The largest absolute Gasteiger partial charge is 0.362 e. The summed E-state index contributed by atoms with van der Waals surface area (Å²) in [6, 6.07) is 9.96. The Hall–Kier alpha value is -1.77. The van der Waals surface area contributed by atoms with Crippen LogP contribution < -0.4 is 4.90 Å². The second-order valence-electron chi connectivity index (χ2n) is 7.72. The van der Waals surface area contributed by atoms with Crippen molar-refractivity contribution in [3.63, 3.8) is 0 Å². The molecule has 1 heterocycles. The van der Waals surface area contributed by atoms with Gasteiger partial charge in [0.15, 0.2) is 0 Å². The van der Waals surface area contributed by atoms with Gasteiger partial charge < -0.3 is 4.90 Å². The number of hydrogen-bond acceptors (Lipinski definition) is 2. The number of fused-ring (bicyclic) bond motifs is 1. The summed E-state index contributed by atoms with van der Waals surface area (Å²) in [4.78, 5) is 7.10. The molecule has 1 aliphatic heterocycles. The highest BCUT2D eigenvalue weighted by molar-refractivity contribution is 6.42. The van der Waals surface area contributed by atoms with Crippen LogP contribution in [-0.2, 0) is 0 Å². The van der Waals surface area contributed by atoms with E-state index in [1.165, 1.54) is 22.4 Å². The summed E-state index contributed by atoms with van der Waals surface area (Å²) < 4.78 is 0. The van der Waals surface area contributed by atoms with Crippen LogP contribution in [0.1, 0.15) is 50.8 Å². The monoisotopic (exact) mass is 400 g/mol. The summed E-state index contributed by atoms with van der Waals surface area (Å²) in [5, 5.41) is 1.06. The molecule has 142 valence electrons. The predicted octanol–water partition coefficient (Wildman–Crippen LogP) is 7.46. The second kappa shape index (κ2) is 7.69. The lowest BCUT2D eigenvalue weighted by atomic mass is 9.87. The van der Waals surface area contributed by atoms with Gasteiger partial charge in [-0.05, 0) is 81.1 Å². The molecule has 0 saturated carbocycles. The average molecular weight is 401 g/mol. The van der Waals surface area contributed by atoms with Crippen LogP contribution in [0, 0.1) is 6.92 Å². The summed E-state index contributed by atoms with van der Waals surface area (Å²) in [6.45, 7) is 12.2. The van der Waals surface area contributed by atoms with Gasteiger partial charge in [-0.2, -0.15) is 0 Å². The van der Waals surface area contributed by atoms with Crippen molar-refractivity contribution in [2.75, 3.05) is 11.4 Å². The van der Waals surface area contributed by atoms with Crippen molar-refractivity contribution in [2.45, 2.75) is 46.6 Å². The minimum Gasteiger partial charge on any atom is -0.362 e. The third-order valence-corrected chi connectivity index (χ3v) is 5.81. The maximum atomic E-state index is 6.09. The quantitative estimate of drug-likeness (QED) is 0.485. The highest BCUT2D eigenvalue weighted by Crippen LogP contribution is 2.40. The van der Waals surface area contributed by atoms with Gasteiger partial charge in [0.25, 0.3) is 0 Å². The van der Waals surface area contributed by atoms with Crippen molar-refractivity contribution in [1.29, 1.82) is 0 Å². The van der Waals surface area contributed by atoms with E-state index in [2.05, 4.69) is 62.7 Å². The van der Waals surface area contributed by atoms with Crippen LogP contribution in [0.5, 0.6) is 0 Å². The first-order chi connectivity index (χ1) is 12.7. The average Bonchev–Trinajstić information content (AvgIpc) is 2.59. The van der Waals surface area contributed by atoms with Crippen LogP contribution in [0.15, 0.2) is 41.4 Å². The molecule has 0 aliphatic carbocycles. The summed E-state index contributed by atoms with van der Waals surface area (Å²) >= 11 is 12.1. The number of benzene rings is 2. The van der Waals surface area contributed by atoms with Crippen LogP contribution in [0.3, 0.4) is 0 Å². The summed E-state index contributed by atoms with van der Waals surface area (Å²) in [7, 11) is 0. The van der Waals surface area contributed by atoms with Gasteiger partial charge in [-0.25, -0.2) is 0 Å². The molecule has 4 heteroatoms. The molecule has 0 saturated heterocycles. The molecular weight excluding hydrogens is 375 g/mol. The molecule has 2 aromatic carbocycles. The van der Waals surface area contributed by atoms with E-state index in [4.69, 9.17) is 23.2 Å². The molecule has 2 nitrogen and oxygen atoms in total. The van der Waals surface area contributed by atoms with Crippen molar-refractivity contribution >= 4 is 46.4 Å². The Bertz CT molecular complexity index is 926. The van der Waals surface area contributed by atoms with E-state index in [1.54, 1.807) is 12.1 Å². The maximum Gasteiger partial charge on any atom is 0.0645 e.